The van der Waals surface area contributed by atoms with Crippen LogP contribution in [0.4, 0.5) is 0 Å². The molecule has 5 heteroatoms. The zero-order valence-corrected chi connectivity index (χ0v) is 16.5. The summed E-state index contributed by atoms with van der Waals surface area (Å²) in [4.78, 5) is 9.43. The predicted molar refractivity (Wildman–Crippen MR) is 108 cm³/mol. The zero-order chi connectivity index (χ0) is 15.8. The molecule has 4 rings (SSSR count). The van der Waals surface area contributed by atoms with Crippen LogP contribution >= 0.6 is 24.8 Å². The van der Waals surface area contributed by atoms with Gasteiger partial charge in [0.2, 0.25) is 0 Å². The topological polar surface area (TPSA) is 19.4 Å². The lowest BCUT2D eigenvalue weighted by Gasteiger charge is -2.28. The Morgan fingerprint density at radius 2 is 1.84 bits per heavy atom. The second kappa shape index (κ2) is 8.50. The van der Waals surface area contributed by atoms with E-state index >= 15 is 0 Å². The van der Waals surface area contributed by atoms with Crippen LogP contribution in [0.15, 0.2) is 48.8 Å². The van der Waals surface area contributed by atoms with Gasteiger partial charge in [-0.25, -0.2) is 0 Å². The van der Waals surface area contributed by atoms with Gasteiger partial charge in [0.1, 0.15) is 0 Å². The molecule has 1 aromatic heterocycles. The molecule has 3 atom stereocenters. The van der Waals surface area contributed by atoms with Crippen molar-refractivity contribution in [2.45, 2.75) is 19.5 Å². The van der Waals surface area contributed by atoms with Gasteiger partial charge in [0.25, 0.3) is 0 Å². The van der Waals surface area contributed by atoms with Crippen molar-refractivity contribution in [2.24, 2.45) is 11.8 Å². The number of pyridine rings is 1. The lowest BCUT2D eigenvalue weighted by atomic mass is 9.88. The summed E-state index contributed by atoms with van der Waals surface area (Å²) in [7, 11) is 2.29. The maximum absolute atomic E-state index is 4.25. The SMILES string of the molecule is Cc1ccccc1[C@H]1[C@@H]2CN(Cc3cccnc3)C[C@@H]2CN1C.Cl.Cl. The number of benzene rings is 1. The Balaban J connectivity index is 0.00000113. The van der Waals surface area contributed by atoms with Crippen molar-refractivity contribution in [1.82, 2.24) is 14.8 Å². The molecule has 0 saturated carbocycles. The van der Waals surface area contributed by atoms with Gasteiger partial charge < -0.3 is 0 Å². The Labute approximate surface area is 163 Å². The number of rotatable bonds is 3. The van der Waals surface area contributed by atoms with E-state index in [1.165, 1.54) is 36.3 Å². The van der Waals surface area contributed by atoms with Crippen molar-refractivity contribution in [3.05, 3.63) is 65.5 Å². The molecule has 2 fully saturated rings. The van der Waals surface area contributed by atoms with Crippen LogP contribution in [0.2, 0.25) is 0 Å². The van der Waals surface area contributed by atoms with Gasteiger partial charge in [-0.1, -0.05) is 30.3 Å². The van der Waals surface area contributed by atoms with Gasteiger partial charge in [-0.3, -0.25) is 14.8 Å². The van der Waals surface area contributed by atoms with E-state index in [0.29, 0.717) is 6.04 Å². The molecule has 0 N–H and O–H groups in total. The number of likely N-dealkylation sites (tertiary alicyclic amines) is 2. The minimum absolute atomic E-state index is 0. The Morgan fingerprint density at radius 1 is 1.04 bits per heavy atom. The monoisotopic (exact) mass is 379 g/mol. The quantitative estimate of drug-likeness (QED) is 0.803. The maximum Gasteiger partial charge on any atom is 0.0391 e. The van der Waals surface area contributed by atoms with Crippen LogP contribution in [0.3, 0.4) is 0 Å². The molecule has 3 nitrogen and oxygen atoms in total. The zero-order valence-electron chi connectivity index (χ0n) is 14.8. The molecule has 0 amide bonds. The van der Waals surface area contributed by atoms with E-state index in [9.17, 15) is 0 Å². The highest BCUT2D eigenvalue weighted by Gasteiger charge is 2.46. The molecule has 25 heavy (non-hydrogen) atoms. The maximum atomic E-state index is 4.25. The summed E-state index contributed by atoms with van der Waals surface area (Å²) < 4.78 is 0. The smallest absolute Gasteiger partial charge is 0.0391 e. The van der Waals surface area contributed by atoms with Crippen molar-refractivity contribution in [3.63, 3.8) is 0 Å². The highest BCUT2D eigenvalue weighted by Crippen LogP contribution is 2.45. The molecular weight excluding hydrogens is 353 g/mol. The summed E-state index contributed by atoms with van der Waals surface area (Å²) in [5.41, 5.74) is 4.27. The summed E-state index contributed by atoms with van der Waals surface area (Å²) >= 11 is 0. The van der Waals surface area contributed by atoms with Gasteiger partial charge in [-0.05, 0) is 48.6 Å². The molecule has 0 radical (unpaired) electrons. The molecular formula is C20H27Cl2N3. The molecule has 0 aliphatic carbocycles. The van der Waals surface area contributed by atoms with Crippen LogP contribution in [0.25, 0.3) is 0 Å². The first-order valence-electron chi connectivity index (χ1n) is 8.59. The average molecular weight is 380 g/mol. The number of fused-ring (bicyclic) bond motifs is 1. The predicted octanol–water partition coefficient (Wildman–Crippen LogP) is 3.97. The van der Waals surface area contributed by atoms with Crippen LogP contribution in [-0.2, 0) is 6.54 Å². The summed E-state index contributed by atoms with van der Waals surface area (Å²) in [6.45, 7) is 6.91. The van der Waals surface area contributed by atoms with Crippen molar-refractivity contribution < 1.29 is 0 Å². The third kappa shape index (κ3) is 4.01. The lowest BCUT2D eigenvalue weighted by molar-refractivity contribution is 0.224. The molecule has 0 unspecified atom stereocenters. The Kier molecular flexibility index (Phi) is 6.86. The van der Waals surface area contributed by atoms with E-state index in [-0.39, 0.29) is 24.8 Å². The van der Waals surface area contributed by atoms with Crippen LogP contribution in [0.5, 0.6) is 0 Å². The average Bonchev–Trinajstić information content (AvgIpc) is 3.05. The molecule has 2 saturated heterocycles. The third-order valence-electron chi connectivity index (χ3n) is 5.61. The number of halogens is 2. The van der Waals surface area contributed by atoms with Crippen LogP contribution in [0, 0.1) is 18.8 Å². The van der Waals surface area contributed by atoms with E-state index in [4.69, 9.17) is 0 Å². The van der Waals surface area contributed by atoms with Gasteiger partial charge >= 0.3 is 0 Å². The molecule has 2 aromatic rings. The number of hydrogen-bond acceptors (Lipinski definition) is 3. The summed E-state index contributed by atoms with van der Waals surface area (Å²) in [5.74, 6) is 1.54. The summed E-state index contributed by atoms with van der Waals surface area (Å²) in [6.07, 6.45) is 3.85. The van der Waals surface area contributed by atoms with Gasteiger partial charge in [0.15, 0.2) is 0 Å². The lowest BCUT2D eigenvalue weighted by Crippen LogP contribution is -2.29. The molecule has 0 bridgehead atoms. The van der Waals surface area contributed by atoms with Gasteiger partial charge in [-0.2, -0.15) is 0 Å². The van der Waals surface area contributed by atoms with E-state index in [0.717, 1.165) is 18.4 Å². The van der Waals surface area contributed by atoms with E-state index in [1.807, 2.05) is 18.5 Å². The highest BCUT2D eigenvalue weighted by molar-refractivity contribution is 5.85. The number of hydrogen-bond donors (Lipinski definition) is 0. The van der Waals surface area contributed by atoms with Gasteiger partial charge in [0, 0.05) is 44.6 Å². The van der Waals surface area contributed by atoms with Crippen LogP contribution in [-0.4, -0.2) is 41.5 Å². The van der Waals surface area contributed by atoms with Crippen LogP contribution in [0.1, 0.15) is 22.7 Å². The van der Waals surface area contributed by atoms with E-state index in [1.54, 1.807) is 0 Å². The number of aryl methyl sites for hydroxylation is 1. The normalized spacial score (nSPS) is 25.9. The first-order valence-corrected chi connectivity index (χ1v) is 8.59. The fraction of sp³-hybridized carbons (Fsp3) is 0.450. The second-order valence-corrected chi connectivity index (χ2v) is 7.22. The molecule has 3 heterocycles. The summed E-state index contributed by atoms with van der Waals surface area (Å²) in [5, 5.41) is 0. The Morgan fingerprint density at radius 3 is 2.56 bits per heavy atom. The van der Waals surface area contributed by atoms with Crippen molar-refractivity contribution in [1.29, 1.82) is 0 Å². The summed E-state index contributed by atoms with van der Waals surface area (Å²) in [6, 6.07) is 13.7. The fourth-order valence-electron chi connectivity index (χ4n) is 4.62. The van der Waals surface area contributed by atoms with Crippen LogP contribution < -0.4 is 0 Å². The minimum atomic E-state index is 0. The molecule has 2 aliphatic heterocycles. The largest absolute Gasteiger partial charge is 0.299 e. The van der Waals surface area contributed by atoms with E-state index < -0.39 is 0 Å². The Bertz CT molecular complexity index is 680. The first-order chi connectivity index (χ1) is 11.2. The minimum Gasteiger partial charge on any atom is -0.299 e. The molecule has 2 aliphatic rings. The fourth-order valence-corrected chi connectivity index (χ4v) is 4.62. The van der Waals surface area contributed by atoms with Crippen molar-refractivity contribution in [3.8, 4) is 0 Å². The molecule has 0 spiro atoms. The number of aromatic nitrogens is 1. The van der Waals surface area contributed by atoms with Gasteiger partial charge in [0.05, 0.1) is 0 Å². The molecule has 136 valence electrons. The Hall–Kier alpha value is -1.13. The third-order valence-corrected chi connectivity index (χ3v) is 5.61. The van der Waals surface area contributed by atoms with Crippen molar-refractivity contribution >= 4 is 24.8 Å². The van der Waals surface area contributed by atoms with E-state index in [2.05, 4.69) is 59.1 Å². The highest BCUT2D eigenvalue weighted by atomic mass is 35.5. The first kappa shape index (κ1) is 20.2. The molecule has 1 aromatic carbocycles. The van der Waals surface area contributed by atoms with Gasteiger partial charge in [-0.15, -0.1) is 24.8 Å². The van der Waals surface area contributed by atoms with Crippen molar-refractivity contribution in [2.75, 3.05) is 26.7 Å². The standard InChI is InChI=1S/C20H25N3.2ClH/c1-15-6-3-4-8-18(15)20-19-14-23(13-17(19)12-22(20)2)11-16-7-5-9-21-10-16;;/h3-10,17,19-20H,11-14H2,1-2H3;2*1H/t17-,19+,20-;;/m0../s1. The second-order valence-electron chi connectivity index (χ2n) is 7.22. The number of nitrogens with zero attached hydrogens (tertiary/aromatic N) is 3.